The van der Waals surface area contributed by atoms with Gasteiger partial charge in [0.1, 0.15) is 12.6 Å². The second-order valence-corrected chi connectivity index (χ2v) is 8.59. The SMILES string of the molecule is O=C(Nc1ccc(-c2ccccc2)cc1)[C@@H]1Cc2ccccc2CN1C(=O)OCc1ccccc1. The smallest absolute Gasteiger partial charge is 0.411 e. The number of nitrogens with one attached hydrogen (secondary N) is 1. The van der Waals surface area contributed by atoms with Crippen LogP contribution in [0.4, 0.5) is 10.5 Å². The van der Waals surface area contributed by atoms with Crippen molar-refractivity contribution >= 4 is 17.7 Å². The van der Waals surface area contributed by atoms with E-state index in [4.69, 9.17) is 4.74 Å². The lowest BCUT2D eigenvalue weighted by Crippen LogP contribution is -2.50. The predicted molar refractivity (Wildman–Crippen MR) is 137 cm³/mol. The fraction of sp³-hybridized carbons (Fsp3) is 0.133. The molecule has 174 valence electrons. The maximum Gasteiger partial charge on any atom is 0.411 e. The van der Waals surface area contributed by atoms with E-state index in [-0.39, 0.29) is 12.5 Å². The monoisotopic (exact) mass is 462 g/mol. The van der Waals surface area contributed by atoms with E-state index in [0.29, 0.717) is 18.7 Å². The Labute approximate surface area is 205 Å². The van der Waals surface area contributed by atoms with Gasteiger partial charge in [0.05, 0.1) is 6.54 Å². The Balaban J connectivity index is 1.32. The Hall–Kier alpha value is -4.38. The van der Waals surface area contributed by atoms with Crippen LogP contribution in [0, 0.1) is 0 Å². The topological polar surface area (TPSA) is 58.6 Å². The van der Waals surface area contributed by atoms with Crippen molar-refractivity contribution in [1.82, 2.24) is 4.90 Å². The molecule has 35 heavy (non-hydrogen) atoms. The number of fused-ring (bicyclic) bond motifs is 1. The van der Waals surface area contributed by atoms with E-state index in [9.17, 15) is 9.59 Å². The molecule has 5 nitrogen and oxygen atoms in total. The van der Waals surface area contributed by atoms with E-state index in [1.54, 1.807) is 0 Å². The maximum atomic E-state index is 13.4. The summed E-state index contributed by atoms with van der Waals surface area (Å²) in [6.07, 6.45) is -0.0622. The van der Waals surface area contributed by atoms with Crippen LogP contribution < -0.4 is 5.32 Å². The Morgan fingerprint density at radius 2 is 1.34 bits per heavy atom. The van der Waals surface area contributed by atoms with E-state index in [1.807, 2.05) is 109 Å². The van der Waals surface area contributed by atoms with Gasteiger partial charge in [0.2, 0.25) is 5.91 Å². The Kier molecular flexibility index (Phi) is 6.57. The fourth-order valence-electron chi connectivity index (χ4n) is 4.35. The van der Waals surface area contributed by atoms with Crippen molar-refractivity contribution in [2.24, 2.45) is 0 Å². The van der Waals surface area contributed by atoms with Crippen molar-refractivity contribution in [2.75, 3.05) is 5.32 Å². The van der Waals surface area contributed by atoms with Gasteiger partial charge in [-0.3, -0.25) is 9.69 Å². The third kappa shape index (κ3) is 5.25. The van der Waals surface area contributed by atoms with Crippen LogP contribution in [0.15, 0.2) is 109 Å². The lowest BCUT2D eigenvalue weighted by molar-refractivity contribution is -0.121. The minimum Gasteiger partial charge on any atom is -0.445 e. The number of nitrogens with zero attached hydrogens (tertiary/aromatic N) is 1. The molecule has 0 aliphatic carbocycles. The van der Waals surface area contributed by atoms with Gasteiger partial charge in [-0.15, -0.1) is 0 Å². The molecule has 1 N–H and O–H groups in total. The van der Waals surface area contributed by atoms with Crippen LogP contribution in [-0.4, -0.2) is 22.9 Å². The first-order valence-corrected chi connectivity index (χ1v) is 11.7. The van der Waals surface area contributed by atoms with Crippen molar-refractivity contribution in [3.8, 4) is 11.1 Å². The van der Waals surface area contributed by atoms with E-state index < -0.39 is 12.1 Å². The molecule has 1 atom stereocenters. The molecule has 0 spiro atoms. The second-order valence-electron chi connectivity index (χ2n) is 8.59. The molecule has 0 saturated carbocycles. The summed E-state index contributed by atoms with van der Waals surface area (Å²) >= 11 is 0. The normalized spacial score (nSPS) is 14.6. The molecule has 0 bridgehead atoms. The maximum absolute atomic E-state index is 13.4. The minimum atomic E-state index is -0.665. The van der Waals surface area contributed by atoms with Crippen LogP contribution >= 0.6 is 0 Å². The lowest BCUT2D eigenvalue weighted by atomic mass is 9.93. The van der Waals surface area contributed by atoms with E-state index in [2.05, 4.69) is 5.32 Å². The highest BCUT2D eigenvalue weighted by Crippen LogP contribution is 2.26. The molecular weight excluding hydrogens is 436 g/mol. The Morgan fingerprint density at radius 1 is 0.743 bits per heavy atom. The fourth-order valence-corrected chi connectivity index (χ4v) is 4.35. The first-order valence-electron chi connectivity index (χ1n) is 11.7. The van der Waals surface area contributed by atoms with Crippen LogP contribution in [0.25, 0.3) is 11.1 Å². The second kappa shape index (κ2) is 10.3. The van der Waals surface area contributed by atoms with Gasteiger partial charge in [-0.2, -0.15) is 0 Å². The first kappa shape index (κ1) is 22.4. The third-order valence-electron chi connectivity index (χ3n) is 6.25. The van der Waals surface area contributed by atoms with E-state index in [0.717, 1.165) is 27.8 Å². The third-order valence-corrected chi connectivity index (χ3v) is 6.25. The number of ether oxygens (including phenoxy) is 1. The molecule has 1 heterocycles. The van der Waals surface area contributed by atoms with E-state index in [1.165, 1.54) is 4.90 Å². The summed E-state index contributed by atoms with van der Waals surface area (Å²) in [6, 6.07) is 34.6. The molecule has 5 rings (SSSR count). The predicted octanol–water partition coefficient (Wildman–Crippen LogP) is 6.06. The number of rotatable bonds is 5. The molecule has 1 aliphatic heterocycles. The van der Waals surface area contributed by atoms with Crippen molar-refractivity contribution < 1.29 is 14.3 Å². The molecule has 5 heteroatoms. The summed E-state index contributed by atoms with van der Waals surface area (Å²) < 4.78 is 5.58. The van der Waals surface area contributed by atoms with Gasteiger partial charge in [-0.1, -0.05) is 97.1 Å². The molecule has 0 unspecified atom stereocenters. The molecular formula is C30H26N2O3. The highest BCUT2D eigenvalue weighted by atomic mass is 16.6. The zero-order chi connectivity index (χ0) is 24.0. The zero-order valence-corrected chi connectivity index (χ0v) is 19.3. The molecule has 0 radical (unpaired) electrons. The summed E-state index contributed by atoms with van der Waals surface area (Å²) in [5.41, 5.74) is 5.87. The number of benzene rings is 4. The summed E-state index contributed by atoms with van der Waals surface area (Å²) in [6.45, 7) is 0.488. The minimum absolute atomic E-state index is 0.160. The summed E-state index contributed by atoms with van der Waals surface area (Å²) in [4.78, 5) is 28.0. The van der Waals surface area contributed by atoms with Crippen LogP contribution in [0.1, 0.15) is 16.7 Å². The van der Waals surface area contributed by atoms with Crippen molar-refractivity contribution in [1.29, 1.82) is 0 Å². The molecule has 2 amide bonds. The van der Waals surface area contributed by atoms with Crippen LogP contribution in [-0.2, 0) is 29.1 Å². The highest BCUT2D eigenvalue weighted by molar-refractivity contribution is 5.97. The summed E-state index contributed by atoms with van der Waals surface area (Å²) in [7, 11) is 0. The van der Waals surface area contributed by atoms with Crippen LogP contribution in [0.5, 0.6) is 0 Å². The molecule has 0 aromatic heterocycles. The number of carbonyl (C=O) groups is 2. The van der Waals surface area contributed by atoms with Gasteiger partial charge >= 0.3 is 6.09 Å². The Morgan fingerprint density at radius 3 is 2.06 bits per heavy atom. The average Bonchev–Trinajstić information content (AvgIpc) is 2.92. The van der Waals surface area contributed by atoms with Crippen LogP contribution in [0.3, 0.4) is 0 Å². The van der Waals surface area contributed by atoms with Crippen molar-refractivity contribution in [2.45, 2.75) is 25.6 Å². The molecule has 4 aromatic carbocycles. The van der Waals surface area contributed by atoms with Gasteiger partial charge in [-0.25, -0.2) is 4.79 Å². The average molecular weight is 463 g/mol. The standard InChI is InChI=1S/C30H26N2O3/c33-29(31-27-17-15-24(16-18-27)23-11-5-2-6-12-23)28-19-25-13-7-8-14-26(25)20-32(28)30(34)35-21-22-9-3-1-4-10-22/h1-18,28H,19-21H2,(H,31,33)/t28-/m0/s1. The van der Waals surface area contributed by atoms with Gasteiger partial charge in [0.25, 0.3) is 0 Å². The number of anilines is 1. The van der Waals surface area contributed by atoms with Gasteiger partial charge in [0.15, 0.2) is 0 Å². The summed E-state index contributed by atoms with van der Waals surface area (Å²) in [5.74, 6) is -0.233. The number of hydrogen-bond acceptors (Lipinski definition) is 3. The van der Waals surface area contributed by atoms with Crippen molar-refractivity contribution in [3.05, 3.63) is 126 Å². The molecule has 4 aromatic rings. The molecule has 1 aliphatic rings. The Bertz CT molecular complexity index is 1300. The van der Waals surface area contributed by atoms with Crippen LogP contribution in [0.2, 0.25) is 0 Å². The quantitative estimate of drug-likeness (QED) is 0.392. The van der Waals surface area contributed by atoms with Gasteiger partial charge in [0, 0.05) is 12.1 Å². The number of carbonyl (C=O) groups excluding carboxylic acids is 2. The summed E-state index contributed by atoms with van der Waals surface area (Å²) in [5, 5.41) is 2.99. The van der Waals surface area contributed by atoms with Crippen molar-refractivity contribution in [3.63, 3.8) is 0 Å². The first-order chi connectivity index (χ1) is 17.2. The molecule has 0 saturated heterocycles. The van der Waals surface area contributed by atoms with Gasteiger partial charge < -0.3 is 10.1 Å². The zero-order valence-electron chi connectivity index (χ0n) is 19.3. The largest absolute Gasteiger partial charge is 0.445 e. The number of amides is 2. The lowest BCUT2D eigenvalue weighted by Gasteiger charge is -2.35. The van der Waals surface area contributed by atoms with Gasteiger partial charge in [-0.05, 0) is 39.9 Å². The highest BCUT2D eigenvalue weighted by Gasteiger charge is 2.35. The molecule has 0 fully saturated rings. The number of hydrogen-bond donors (Lipinski definition) is 1. The van der Waals surface area contributed by atoms with E-state index >= 15 is 0 Å².